The Hall–Kier alpha value is -5.62. The molecule has 0 amide bonds. The van der Waals surface area contributed by atoms with Crippen molar-refractivity contribution < 1.29 is 9.13 Å². The zero-order chi connectivity index (χ0) is 32.2. The van der Waals surface area contributed by atoms with Crippen LogP contribution in [0.15, 0.2) is 128 Å². The Balaban J connectivity index is 1.13. The SMILES string of the molecule is CCc1ccnc(-n2c3ccccc3c3ccc(Oc4cc(C5CCC5)cc(N5CN(c6cccc(F)c6)c6ccccc65)c4)cc32)c1. The van der Waals surface area contributed by atoms with Crippen LogP contribution in [0.2, 0.25) is 0 Å². The van der Waals surface area contributed by atoms with Crippen molar-refractivity contribution in [2.45, 2.75) is 38.5 Å². The minimum atomic E-state index is -0.240. The van der Waals surface area contributed by atoms with Gasteiger partial charge in [0.25, 0.3) is 0 Å². The highest BCUT2D eigenvalue weighted by Crippen LogP contribution is 2.47. The molecule has 0 radical (unpaired) electrons. The Morgan fingerprint density at radius 2 is 1.50 bits per heavy atom. The minimum absolute atomic E-state index is 0.240. The van der Waals surface area contributed by atoms with Crippen LogP contribution in [0.3, 0.4) is 0 Å². The molecule has 2 aromatic heterocycles. The average Bonchev–Trinajstić information content (AvgIpc) is 3.64. The number of hydrogen-bond donors (Lipinski definition) is 0. The van der Waals surface area contributed by atoms with Crippen molar-refractivity contribution in [3.63, 3.8) is 0 Å². The average molecular weight is 631 g/mol. The summed E-state index contributed by atoms with van der Waals surface area (Å²) in [6.07, 6.45) is 6.46. The zero-order valence-electron chi connectivity index (χ0n) is 26.8. The van der Waals surface area contributed by atoms with E-state index in [0.717, 1.165) is 62.9 Å². The zero-order valence-corrected chi connectivity index (χ0v) is 26.8. The third-order valence-corrected chi connectivity index (χ3v) is 10.00. The maximum Gasteiger partial charge on any atom is 0.137 e. The summed E-state index contributed by atoms with van der Waals surface area (Å²) in [4.78, 5) is 9.27. The van der Waals surface area contributed by atoms with E-state index in [1.54, 1.807) is 12.1 Å². The number of nitrogens with zero attached hydrogens (tertiary/aromatic N) is 4. The number of anilines is 4. The summed E-state index contributed by atoms with van der Waals surface area (Å²) in [6, 6.07) is 41.0. The molecule has 0 N–H and O–H groups in total. The lowest BCUT2D eigenvalue weighted by molar-refractivity contribution is 0.416. The molecule has 0 saturated heterocycles. The molecule has 1 fully saturated rings. The number of benzene rings is 5. The van der Waals surface area contributed by atoms with Gasteiger partial charge in [0, 0.05) is 40.5 Å². The monoisotopic (exact) mass is 630 g/mol. The molecule has 0 atom stereocenters. The van der Waals surface area contributed by atoms with E-state index in [0.29, 0.717) is 12.6 Å². The van der Waals surface area contributed by atoms with Crippen molar-refractivity contribution in [2.24, 2.45) is 0 Å². The molecule has 5 nitrogen and oxygen atoms in total. The molecule has 236 valence electrons. The van der Waals surface area contributed by atoms with E-state index in [-0.39, 0.29) is 5.82 Å². The van der Waals surface area contributed by atoms with Gasteiger partial charge in [0.15, 0.2) is 0 Å². The van der Waals surface area contributed by atoms with E-state index in [1.807, 2.05) is 18.3 Å². The molecule has 7 aromatic rings. The highest BCUT2D eigenvalue weighted by Gasteiger charge is 2.30. The minimum Gasteiger partial charge on any atom is -0.457 e. The van der Waals surface area contributed by atoms with Crippen molar-refractivity contribution in [3.05, 3.63) is 144 Å². The van der Waals surface area contributed by atoms with Gasteiger partial charge in [0.05, 0.1) is 22.4 Å². The van der Waals surface area contributed by atoms with Gasteiger partial charge < -0.3 is 14.5 Å². The topological polar surface area (TPSA) is 33.5 Å². The molecule has 0 bridgehead atoms. The van der Waals surface area contributed by atoms with Crippen molar-refractivity contribution in [3.8, 4) is 17.3 Å². The van der Waals surface area contributed by atoms with E-state index < -0.39 is 0 Å². The predicted molar refractivity (Wildman–Crippen MR) is 193 cm³/mol. The van der Waals surface area contributed by atoms with Crippen molar-refractivity contribution in [1.29, 1.82) is 0 Å². The molecule has 6 heteroatoms. The molecule has 5 aromatic carbocycles. The Bertz CT molecular complexity index is 2320. The quantitative estimate of drug-likeness (QED) is 0.175. The van der Waals surface area contributed by atoms with E-state index in [1.165, 1.54) is 41.8 Å². The van der Waals surface area contributed by atoms with E-state index >= 15 is 0 Å². The summed E-state index contributed by atoms with van der Waals surface area (Å²) >= 11 is 0. The van der Waals surface area contributed by atoms with Crippen molar-refractivity contribution in [1.82, 2.24) is 9.55 Å². The fraction of sp³-hybridized carbons (Fsp3) is 0.167. The van der Waals surface area contributed by atoms with Crippen LogP contribution in [0.5, 0.6) is 11.5 Å². The number of pyridine rings is 1. The number of aromatic nitrogens is 2. The maximum absolute atomic E-state index is 14.3. The summed E-state index contributed by atoms with van der Waals surface area (Å²) in [5.74, 6) is 2.77. The third kappa shape index (κ3) is 4.87. The second kappa shape index (κ2) is 11.6. The summed E-state index contributed by atoms with van der Waals surface area (Å²) in [6.45, 7) is 2.74. The number of fused-ring (bicyclic) bond motifs is 4. The molecule has 3 heterocycles. The number of ether oxygens (including phenoxy) is 1. The van der Waals surface area contributed by atoms with Crippen LogP contribution < -0.4 is 14.5 Å². The number of rotatable bonds is 7. The molecule has 48 heavy (non-hydrogen) atoms. The molecule has 2 aliphatic rings. The lowest BCUT2D eigenvalue weighted by Gasteiger charge is -2.28. The summed E-state index contributed by atoms with van der Waals surface area (Å²) < 4.78 is 23.3. The maximum atomic E-state index is 14.3. The van der Waals surface area contributed by atoms with Gasteiger partial charge in [-0.3, -0.25) is 4.57 Å². The van der Waals surface area contributed by atoms with Crippen LogP contribution in [-0.2, 0) is 6.42 Å². The van der Waals surface area contributed by atoms with Gasteiger partial charge in [-0.1, -0.05) is 49.7 Å². The molecular weight excluding hydrogens is 595 g/mol. The van der Waals surface area contributed by atoms with Gasteiger partial charge in [-0.15, -0.1) is 0 Å². The normalized spacial score (nSPS) is 14.5. The van der Waals surface area contributed by atoms with Crippen LogP contribution in [0.4, 0.5) is 27.1 Å². The van der Waals surface area contributed by atoms with Crippen LogP contribution in [0.1, 0.15) is 43.2 Å². The van der Waals surface area contributed by atoms with Crippen molar-refractivity contribution >= 4 is 44.6 Å². The highest BCUT2D eigenvalue weighted by molar-refractivity contribution is 6.09. The number of aryl methyl sites for hydroxylation is 1. The van der Waals surface area contributed by atoms with Gasteiger partial charge >= 0.3 is 0 Å². The van der Waals surface area contributed by atoms with Crippen LogP contribution in [-0.4, -0.2) is 16.2 Å². The lowest BCUT2D eigenvalue weighted by Crippen LogP contribution is -2.24. The van der Waals surface area contributed by atoms with Crippen LogP contribution >= 0.6 is 0 Å². The summed E-state index contributed by atoms with van der Waals surface area (Å²) in [7, 11) is 0. The van der Waals surface area contributed by atoms with Gasteiger partial charge in [0.1, 0.15) is 29.8 Å². The Kier molecular flexibility index (Phi) is 6.89. The number of hydrogen-bond acceptors (Lipinski definition) is 4. The molecule has 1 aliphatic carbocycles. The smallest absolute Gasteiger partial charge is 0.137 e. The third-order valence-electron chi connectivity index (χ3n) is 10.00. The standard InChI is InChI=1S/C42H35FN4O/c1-2-28-19-20-44-42(21-28)47-38-14-4-3-13-36(38)37-18-17-34(26-41(37)47)48-35-23-30(29-9-7-10-29)22-33(25-35)46-27-45(32-12-8-11-31(43)24-32)39-15-5-6-16-40(39)46/h3-6,8,11-26,29H,2,7,9-10,27H2,1H3. The van der Waals surface area contributed by atoms with Gasteiger partial charge in [0.2, 0.25) is 0 Å². The van der Waals surface area contributed by atoms with Crippen LogP contribution in [0, 0.1) is 5.82 Å². The van der Waals surface area contributed by atoms with E-state index in [2.05, 4.69) is 112 Å². The first-order chi connectivity index (χ1) is 23.6. The molecular formula is C42H35FN4O. The Labute approximate surface area is 279 Å². The Morgan fingerprint density at radius 3 is 2.29 bits per heavy atom. The molecule has 0 unspecified atom stereocenters. The first-order valence-corrected chi connectivity index (χ1v) is 16.8. The van der Waals surface area contributed by atoms with Gasteiger partial charge in [-0.25, -0.2) is 9.37 Å². The first-order valence-electron chi connectivity index (χ1n) is 16.8. The second-order valence-electron chi connectivity index (χ2n) is 12.9. The summed E-state index contributed by atoms with van der Waals surface area (Å²) in [5, 5.41) is 2.35. The lowest BCUT2D eigenvalue weighted by atomic mass is 9.80. The van der Waals surface area contributed by atoms with E-state index in [9.17, 15) is 4.39 Å². The first kappa shape index (κ1) is 28.6. The number of halogens is 1. The van der Waals surface area contributed by atoms with Crippen molar-refractivity contribution in [2.75, 3.05) is 16.5 Å². The van der Waals surface area contributed by atoms with E-state index in [4.69, 9.17) is 9.72 Å². The predicted octanol–water partition coefficient (Wildman–Crippen LogP) is 11.2. The fourth-order valence-corrected chi connectivity index (χ4v) is 7.30. The Morgan fingerprint density at radius 1 is 0.708 bits per heavy atom. The molecule has 0 spiro atoms. The number of para-hydroxylation sites is 3. The van der Waals surface area contributed by atoms with Gasteiger partial charge in [-0.2, -0.15) is 0 Å². The van der Waals surface area contributed by atoms with Crippen LogP contribution in [0.25, 0.3) is 27.6 Å². The highest BCUT2D eigenvalue weighted by atomic mass is 19.1. The largest absolute Gasteiger partial charge is 0.457 e. The molecule has 1 saturated carbocycles. The van der Waals surface area contributed by atoms with Gasteiger partial charge in [-0.05, 0) is 109 Å². The molecule has 1 aliphatic heterocycles. The second-order valence-corrected chi connectivity index (χ2v) is 12.9. The summed E-state index contributed by atoms with van der Waals surface area (Å²) in [5.41, 5.74) is 8.77. The molecule has 9 rings (SSSR count). The fourth-order valence-electron chi connectivity index (χ4n) is 7.30.